The van der Waals surface area contributed by atoms with Crippen molar-refractivity contribution in [2.45, 2.75) is 39.4 Å². The molecule has 1 saturated heterocycles. The molecule has 1 aromatic rings. The minimum Gasteiger partial charge on any atom is -0.349 e. The van der Waals surface area contributed by atoms with Crippen LogP contribution in [0.5, 0.6) is 0 Å². The zero-order chi connectivity index (χ0) is 14.6. The van der Waals surface area contributed by atoms with E-state index < -0.39 is 0 Å². The average molecular weight is 278 g/mol. The molecule has 1 aliphatic rings. The van der Waals surface area contributed by atoms with Gasteiger partial charge in [-0.2, -0.15) is 0 Å². The minimum absolute atomic E-state index is 0.173. The summed E-state index contributed by atoms with van der Waals surface area (Å²) in [4.78, 5) is 4.98. The number of nitrogens with zero attached hydrogens (tertiary/aromatic N) is 3. The molecule has 0 atom stereocenters. The molecule has 2 rings (SSSR count). The van der Waals surface area contributed by atoms with Crippen molar-refractivity contribution in [1.29, 1.82) is 0 Å². The van der Waals surface area contributed by atoms with Crippen molar-refractivity contribution in [1.82, 2.24) is 19.7 Å². The SMILES string of the molecule is CN1CCN(CCn2cccc2CNC(C)(C)C)CC1. The summed E-state index contributed by atoms with van der Waals surface area (Å²) in [5.74, 6) is 0. The molecule has 1 aliphatic heterocycles. The summed E-state index contributed by atoms with van der Waals surface area (Å²) in [6.45, 7) is 14.6. The van der Waals surface area contributed by atoms with Gasteiger partial charge in [-0.3, -0.25) is 4.90 Å². The van der Waals surface area contributed by atoms with E-state index in [2.05, 4.69) is 65.8 Å². The Kier molecular flexibility index (Phi) is 5.24. The predicted octanol–water partition coefficient (Wildman–Crippen LogP) is 1.62. The third kappa shape index (κ3) is 4.93. The monoisotopic (exact) mass is 278 g/mol. The Bertz CT molecular complexity index is 397. The van der Waals surface area contributed by atoms with Crippen LogP contribution in [-0.4, -0.2) is 59.7 Å². The molecule has 0 bridgehead atoms. The number of aromatic nitrogens is 1. The van der Waals surface area contributed by atoms with Crippen molar-refractivity contribution >= 4 is 0 Å². The Morgan fingerprint density at radius 3 is 2.45 bits per heavy atom. The van der Waals surface area contributed by atoms with Crippen LogP contribution in [0.25, 0.3) is 0 Å². The predicted molar refractivity (Wildman–Crippen MR) is 85.0 cm³/mol. The van der Waals surface area contributed by atoms with Crippen LogP contribution in [0.15, 0.2) is 18.3 Å². The normalized spacial score (nSPS) is 18.6. The average Bonchev–Trinajstić information content (AvgIpc) is 2.82. The first-order valence-corrected chi connectivity index (χ1v) is 7.74. The van der Waals surface area contributed by atoms with Crippen LogP contribution in [0.4, 0.5) is 0 Å². The standard InChI is InChI=1S/C16H30N4/c1-16(2,3)17-14-15-6-5-7-20(15)13-12-19-10-8-18(4)9-11-19/h5-7,17H,8-14H2,1-4H3. The van der Waals surface area contributed by atoms with Gasteiger partial charge in [-0.1, -0.05) is 0 Å². The number of piperazine rings is 1. The molecule has 20 heavy (non-hydrogen) atoms. The maximum atomic E-state index is 3.57. The van der Waals surface area contributed by atoms with Crippen molar-refractivity contribution in [2.75, 3.05) is 39.8 Å². The van der Waals surface area contributed by atoms with E-state index in [9.17, 15) is 0 Å². The molecule has 114 valence electrons. The fourth-order valence-corrected chi connectivity index (χ4v) is 2.50. The van der Waals surface area contributed by atoms with Crippen LogP contribution in [0.2, 0.25) is 0 Å². The van der Waals surface area contributed by atoms with Crippen molar-refractivity contribution < 1.29 is 0 Å². The molecule has 0 aromatic carbocycles. The molecule has 1 N–H and O–H groups in total. The van der Waals surface area contributed by atoms with Crippen molar-refractivity contribution in [3.05, 3.63) is 24.0 Å². The highest BCUT2D eigenvalue weighted by Gasteiger charge is 2.14. The highest BCUT2D eigenvalue weighted by atomic mass is 15.3. The molecule has 0 amide bonds. The second kappa shape index (κ2) is 6.74. The summed E-state index contributed by atoms with van der Waals surface area (Å²) in [6, 6.07) is 4.38. The molecule has 1 aromatic heterocycles. The first-order valence-electron chi connectivity index (χ1n) is 7.74. The van der Waals surface area contributed by atoms with Gasteiger partial charge in [0.25, 0.3) is 0 Å². The molecule has 4 heteroatoms. The highest BCUT2D eigenvalue weighted by Crippen LogP contribution is 2.07. The Morgan fingerprint density at radius 2 is 1.80 bits per heavy atom. The lowest BCUT2D eigenvalue weighted by Crippen LogP contribution is -2.45. The van der Waals surface area contributed by atoms with E-state index in [1.165, 1.54) is 31.9 Å². The molecule has 0 unspecified atom stereocenters. The Balaban J connectivity index is 1.80. The summed E-state index contributed by atoms with van der Waals surface area (Å²) in [5.41, 5.74) is 1.56. The van der Waals surface area contributed by atoms with E-state index in [0.717, 1.165) is 19.6 Å². The van der Waals surface area contributed by atoms with E-state index in [0.29, 0.717) is 0 Å². The first kappa shape index (κ1) is 15.5. The second-order valence-electron chi connectivity index (χ2n) is 6.94. The van der Waals surface area contributed by atoms with Crippen molar-refractivity contribution in [3.63, 3.8) is 0 Å². The Hall–Kier alpha value is -0.840. The van der Waals surface area contributed by atoms with Gasteiger partial charge in [0.05, 0.1) is 0 Å². The number of hydrogen-bond acceptors (Lipinski definition) is 3. The molecule has 2 heterocycles. The smallest absolute Gasteiger partial charge is 0.0363 e. The van der Waals surface area contributed by atoms with Crippen LogP contribution >= 0.6 is 0 Å². The van der Waals surface area contributed by atoms with E-state index in [4.69, 9.17) is 0 Å². The van der Waals surface area contributed by atoms with E-state index in [1.807, 2.05) is 0 Å². The van der Waals surface area contributed by atoms with Crippen LogP contribution in [0, 0.1) is 0 Å². The fraction of sp³-hybridized carbons (Fsp3) is 0.750. The lowest BCUT2D eigenvalue weighted by Gasteiger charge is -2.32. The summed E-state index contributed by atoms with van der Waals surface area (Å²) < 4.78 is 2.39. The number of likely N-dealkylation sites (N-methyl/N-ethyl adjacent to an activating group) is 1. The van der Waals surface area contributed by atoms with Gasteiger partial charge in [0, 0.05) is 63.2 Å². The van der Waals surface area contributed by atoms with Gasteiger partial charge in [-0.25, -0.2) is 0 Å². The van der Waals surface area contributed by atoms with Gasteiger partial charge in [0.1, 0.15) is 0 Å². The van der Waals surface area contributed by atoms with Gasteiger partial charge >= 0.3 is 0 Å². The van der Waals surface area contributed by atoms with Gasteiger partial charge in [-0.15, -0.1) is 0 Å². The van der Waals surface area contributed by atoms with Crippen molar-refractivity contribution in [2.24, 2.45) is 0 Å². The van der Waals surface area contributed by atoms with Gasteiger partial charge in [0.15, 0.2) is 0 Å². The number of nitrogens with one attached hydrogen (secondary N) is 1. The third-order valence-electron chi connectivity index (χ3n) is 3.98. The zero-order valence-electron chi connectivity index (χ0n) is 13.5. The molecular formula is C16H30N4. The van der Waals surface area contributed by atoms with E-state index >= 15 is 0 Å². The summed E-state index contributed by atoms with van der Waals surface area (Å²) in [7, 11) is 2.21. The molecular weight excluding hydrogens is 248 g/mol. The highest BCUT2D eigenvalue weighted by molar-refractivity contribution is 5.07. The quantitative estimate of drug-likeness (QED) is 0.885. The van der Waals surface area contributed by atoms with Crippen LogP contribution < -0.4 is 5.32 Å². The van der Waals surface area contributed by atoms with Gasteiger partial charge in [-0.05, 0) is 40.0 Å². The second-order valence-corrected chi connectivity index (χ2v) is 6.94. The van der Waals surface area contributed by atoms with Gasteiger partial charge in [0.2, 0.25) is 0 Å². The fourth-order valence-electron chi connectivity index (χ4n) is 2.50. The molecule has 0 radical (unpaired) electrons. The first-order chi connectivity index (χ1) is 9.44. The summed E-state index contributed by atoms with van der Waals surface area (Å²) >= 11 is 0. The van der Waals surface area contributed by atoms with Gasteiger partial charge < -0.3 is 14.8 Å². The van der Waals surface area contributed by atoms with Crippen LogP contribution in [0.1, 0.15) is 26.5 Å². The zero-order valence-corrected chi connectivity index (χ0v) is 13.5. The topological polar surface area (TPSA) is 23.4 Å². The van der Waals surface area contributed by atoms with Crippen LogP contribution in [-0.2, 0) is 13.1 Å². The third-order valence-corrected chi connectivity index (χ3v) is 3.98. The Labute approximate surface area is 123 Å². The maximum Gasteiger partial charge on any atom is 0.0363 e. The van der Waals surface area contributed by atoms with Crippen LogP contribution in [0.3, 0.4) is 0 Å². The maximum absolute atomic E-state index is 3.57. The number of rotatable bonds is 5. The largest absolute Gasteiger partial charge is 0.349 e. The van der Waals surface area contributed by atoms with E-state index in [-0.39, 0.29) is 5.54 Å². The minimum atomic E-state index is 0.173. The van der Waals surface area contributed by atoms with E-state index in [1.54, 1.807) is 0 Å². The summed E-state index contributed by atoms with van der Waals surface area (Å²) in [6.07, 6.45) is 2.20. The molecule has 0 aliphatic carbocycles. The molecule has 0 spiro atoms. The van der Waals surface area contributed by atoms with Crippen molar-refractivity contribution in [3.8, 4) is 0 Å². The lowest BCUT2D eigenvalue weighted by atomic mass is 10.1. The Morgan fingerprint density at radius 1 is 1.10 bits per heavy atom. The molecule has 0 saturated carbocycles. The summed E-state index contributed by atoms with van der Waals surface area (Å²) in [5, 5.41) is 3.57. The molecule has 4 nitrogen and oxygen atoms in total. The lowest BCUT2D eigenvalue weighted by molar-refractivity contribution is 0.150. The molecule has 1 fully saturated rings. The number of hydrogen-bond donors (Lipinski definition) is 1.